The lowest BCUT2D eigenvalue weighted by Gasteiger charge is -2.58. The SMILES string of the molecule is CCOC1CC(N)(C(=O)NC2CCC(C)CC2C)C1(C)C. The Kier molecular flexibility index (Phi) is 4.69. The summed E-state index contributed by atoms with van der Waals surface area (Å²) >= 11 is 0. The minimum atomic E-state index is -0.796. The predicted octanol–water partition coefficient (Wildman–Crippen LogP) is 2.46. The van der Waals surface area contributed by atoms with Gasteiger partial charge in [-0.15, -0.1) is 0 Å². The summed E-state index contributed by atoms with van der Waals surface area (Å²) < 4.78 is 5.70. The van der Waals surface area contributed by atoms with Crippen molar-refractivity contribution in [2.24, 2.45) is 23.0 Å². The maximum Gasteiger partial charge on any atom is 0.241 e. The average Bonchev–Trinajstić information content (AvgIpc) is 2.41. The van der Waals surface area contributed by atoms with Crippen LogP contribution < -0.4 is 11.1 Å². The van der Waals surface area contributed by atoms with Crippen LogP contribution in [-0.2, 0) is 9.53 Å². The monoisotopic (exact) mass is 296 g/mol. The number of carbonyl (C=O) groups excluding carboxylic acids is 1. The van der Waals surface area contributed by atoms with Gasteiger partial charge in [-0.1, -0.05) is 27.7 Å². The van der Waals surface area contributed by atoms with Gasteiger partial charge in [-0.2, -0.15) is 0 Å². The van der Waals surface area contributed by atoms with Gasteiger partial charge in [-0.3, -0.25) is 4.79 Å². The first-order valence-corrected chi connectivity index (χ1v) is 8.43. The van der Waals surface area contributed by atoms with Crippen molar-refractivity contribution < 1.29 is 9.53 Å². The minimum Gasteiger partial charge on any atom is -0.378 e. The van der Waals surface area contributed by atoms with Crippen molar-refractivity contribution in [3.05, 3.63) is 0 Å². The fourth-order valence-electron chi connectivity index (χ4n) is 4.00. The fraction of sp³-hybridized carbons (Fsp3) is 0.941. The zero-order valence-corrected chi connectivity index (χ0v) is 14.2. The Balaban J connectivity index is 1.97. The summed E-state index contributed by atoms with van der Waals surface area (Å²) in [6.07, 6.45) is 4.16. The molecule has 21 heavy (non-hydrogen) atoms. The lowest BCUT2D eigenvalue weighted by Crippen LogP contribution is -2.76. The highest BCUT2D eigenvalue weighted by Gasteiger charge is 2.63. The van der Waals surface area contributed by atoms with Crippen LogP contribution in [-0.4, -0.2) is 30.2 Å². The number of nitrogens with two attached hydrogens (primary N) is 1. The number of hydrogen-bond acceptors (Lipinski definition) is 3. The number of nitrogens with one attached hydrogen (secondary N) is 1. The summed E-state index contributed by atoms with van der Waals surface area (Å²) in [6.45, 7) is 11.3. The van der Waals surface area contributed by atoms with E-state index in [-0.39, 0.29) is 23.5 Å². The second-order valence-corrected chi connectivity index (χ2v) is 7.82. The van der Waals surface area contributed by atoms with E-state index < -0.39 is 5.54 Å². The highest BCUT2D eigenvalue weighted by molar-refractivity contribution is 5.89. The third-order valence-corrected chi connectivity index (χ3v) is 5.98. The molecule has 0 aliphatic heterocycles. The Hall–Kier alpha value is -0.610. The van der Waals surface area contributed by atoms with Gasteiger partial charge in [0.2, 0.25) is 5.91 Å². The first-order valence-electron chi connectivity index (χ1n) is 8.43. The summed E-state index contributed by atoms with van der Waals surface area (Å²) in [5, 5.41) is 3.23. The van der Waals surface area contributed by atoms with E-state index >= 15 is 0 Å². The van der Waals surface area contributed by atoms with Crippen molar-refractivity contribution in [2.75, 3.05) is 6.61 Å². The maximum absolute atomic E-state index is 12.7. The van der Waals surface area contributed by atoms with Crippen LogP contribution in [0.1, 0.15) is 60.3 Å². The molecule has 0 aromatic rings. The molecule has 2 rings (SSSR count). The van der Waals surface area contributed by atoms with E-state index in [0.717, 1.165) is 12.3 Å². The van der Waals surface area contributed by atoms with Crippen molar-refractivity contribution in [1.29, 1.82) is 0 Å². The molecule has 5 atom stereocenters. The molecule has 0 spiro atoms. The van der Waals surface area contributed by atoms with Gasteiger partial charge < -0.3 is 15.8 Å². The Morgan fingerprint density at radius 1 is 1.33 bits per heavy atom. The Morgan fingerprint density at radius 2 is 2.00 bits per heavy atom. The lowest BCUT2D eigenvalue weighted by atomic mass is 9.54. The molecule has 0 aromatic carbocycles. The molecule has 5 unspecified atom stereocenters. The summed E-state index contributed by atoms with van der Waals surface area (Å²) in [6, 6.07) is 0.274. The number of hydrogen-bond donors (Lipinski definition) is 2. The van der Waals surface area contributed by atoms with E-state index in [1.807, 2.05) is 20.8 Å². The van der Waals surface area contributed by atoms with E-state index in [1.165, 1.54) is 12.8 Å². The first kappa shape index (κ1) is 16.8. The first-order chi connectivity index (χ1) is 9.72. The Labute approximate surface area is 129 Å². The molecular weight excluding hydrogens is 264 g/mol. The van der Waals surface area contributed by atoms with E-state index in [1.54, 1.807) is 0 Å². The smallest absolute Gasteiger partial charge is 0.241 e. The topological polar surface area (TPSA) is 64.3 Å². The number of ether oxygens (including phenoxy) is 1. The zero-order chi connectivity index (χ0) is 15.8. The van der Waals surface area contributed by atoms with Crippen LogP contribution in [0.25, 0.3) is 0 Å². The highest BCUT2D eigenvalue weighted by Crippen LogP contribution is 2.50. The molecular formula is C17H32N2O2. The molecule has 2 aliphatic rings. The van der Waals surface area contributed by atoms with Crippen LogP contribution in [0.4, 0.5) is 0 Å². The second-order valence-electron chi connectivity index (χ2n) is 7.82. The quantitative estimate of drug-likeness (QED) is 0.837. The normalized spacial score (nSPS) is 42.2. The third-order valence-electron chi connectivity index (χ3n) is 5.98. The van der Waals surface area contributed by atoms with Crippen LogP contribution >= 0.6 is 0 Å². The van der Waals surface area contributed by atoms with Crippen molar-refractivity contribution in [3.8, 4) is 0 Å². The van der Waals surface area contributed by atoms with Gasteiger partial charge >= 0.3 is 0 Å². The number of carbonyl (C=O) groups is 1. The molecule has 4 heteroatoms. The van der Waals surface area contributed by atoms with Crippen LogP contribution in [0, 0.1) is 17.3 Å². The van der Waals surface area contributed by atoms with Crippen molar-refractivity contribution in [3.63, 3.8) is 0 Å². The lowest BCUT2D eigenvalue weighted by molar-refractivity contribution is -0.171. The Morgan fingerprint density at radius 3 is 2.52 bits per heavy atom. The van der Waals surface area contributed by atoms with E-state index in [4.69, 9.17) is 10.5 Å². The molecule has 1 amide bonds. The molecule has 0 saturated heterocycles. The van der Waals surface area contributed by atoms with Crippen molar-refractivity contribution in [1.82, 2.24) is 5.32 Å². The van der Waals surface area contributed by atoms with E-state index in [2.05, 4.69) is 19.2 Å². The molecule has 3 N–H and O–H groups in total. The second kappa shape index (κ2) is 5.88. The largest absolute Gasteiger partial charge is 0.378 e. The molecule has 0 aromatic heterocycles. The summed E-state index contributed by atoms with van der Waals surface area (Å²) in [4.78, 5) is 12.7. The highest BCUT2D eigenvalue weighted by atomic mass is 16.5. The number of amides is 1. The molecule has 2 aliphatic carbocycles. The van der Waals surface area contributed by atoms with Crippen LogP contribution in [0.3, 0.4) is 0 Å². The van der Waals surface area contributed by atoms with Gasteiger partial charge in [-0.05, 0) is 38.0 Å². The molecule has 0 heterocycles. The van der Waals surface area contributed by atoms with Crippen molar-refractivity contribution in [2.45, 2.75) is 78.0 Å². The predicted molar refractivity (Wildman–Crippen MR) is 84.8 cm³/mol. The molecule has 0 radical (unpaired) electrons. The minimum absolute atomic E-state index is 0.00913. The molecule has 4 nitrogen and oxygen atoms in total. The van der Waals surface area contributed by atoms with Gasteiger partial charge in [0.15, 0.2) is 0 Å². The van der Waals surface area contributed by atoms with Crippen molar-refractivity contribution >= 4 is 5.91 Å². The average molecular weight is 296 g/mol. The van der Waals surface area contributed by atoms with Gasteiger partial charge in [-0.25, -0.2) is 0 Å². The number of rotatable bonds is 4. The van der Waals surface area contributed by atoms with Crippen LogP contribution in [0.5, 0.6) is 0 Å². The molecule has 0 bridgehead atoms. The van der Waals surface area contributed by atoms with Gasteiger partial charge in [0.05, 0.1) is 6.10 Å². The van der Waals surface area contributed by atoms with Crippen LogP contribution in [0.2, 0.25) is 0 Å². The molecule has 122 valence electrons. The van der Waals surface area contributed by atoms with Gasteiger partial charge in [0.25, 0.3) is 0 Å². The van der Waals surface area contributed by atoms with Gasteiger partial charge in [0, 0.05) is 24.5 Å². The summed E-state index contributed by atoms with van der Waals surface area (Å²) in [5.74, 6) is 1.31. The fourth-order valence-corrected chi connectivity index (χ4v) is 4.00. The van der Waals surface area contributed by atoms with Gasteiger partial charge in [0.1, 0.15) is 5.54 Å². The maximum atomic E-state index is 12.7. The Bertz CT molecular complexity index is 396. The molecule has 2 fully saturated rings. The summed E-state index contributed by atoms with van der Waals surface area (Å²) in [5.41, 5.74) is 5.34. The third kappa shape index (κ3) is 2.85. The zero-order valence-electron chi connectivity index (χ0n) is 14.2. The van der Waals surface area contributed by atoms with E-state index in [9.17, 15) is 4.79 Å². The standard InChI is InChI=1S/C17H32N2O2/c1-6-21-14-10-17(18,16(14,4)5)15(20)19-13-8-7-11(2)9-12(13)3/h11-14H,6-10,18H2,1-5H3,(H,19,20). The van der Waals surface area contributed by atoms with E-state index in [0.29, 0.717) is 18.9 Å². The van der Waals surface area contributed by atoms with Crippen LogP contribution in [0.15, 0.2) is 0 Å². The summed E-state index contributed by atoms with van der Waals surface area (Å²) in [7, 11) is 0. The molecule has 2 saturated carbocycles.